The summed E-state index contributed by atoms with van der Waals surface area (Å²) in [6, 6.07) is 54.3. The first kappa shape index (κ1) is 27.5. The Morgan fingerprint density at radius 1 is 0.500 bits per heavy atom. The van der Waals surface area contributed by atoms with Gasteiger partial charge in [-0.3, -0.25) is 0 Å². The molecule has 2 nitrogen and oxygen atoms in total. The maximum absolute atomic E-state index is 2.36. The number of anilines is 3. The Balaban J connectivity index is 1.30. The van der Waals surface area contributed by atoms with E-state index in [-0.39, 0.29) is 5.41 Å². The summed E-state index contributed by atoms with van der Waals surface area (Å²) < 4.78 is 2.36. The first-order valence-electron chi connectivity index (χ1n) is 15.3. The monoisotopic (exact) mass is 568 g/mol. The van der Waals surface area contributed by atoms with Gasteiger partial charge in [0.2, 0.25) is 0 Å². The van der Waals surface area contributed by atoms with Gasteiger partial charge < -0.3 is 9.47 Å². The van der Waals surface area contributed by atoms with Crippen LogP contribution >= 0.6 is 0 Å². The minimum absolute atomic E-state index is 0.0927. The molecule has 0 radical (unpaired) electrons. The number of aromatic nitrogens is 1. The van der Waals surface area contributed by atoms with Gasteiger partial charge in [0.15, 0.2) is 0 Å². The second-order valence-electron chi connectivity index (χ2n) is 12.3. The number of para-hydroxylation sites is 3. The lowest BCUT2D eigenvalue weighted by atomic mass is 9.83. The molecule has 0 fully saturated rings. The predicted octanol–water partition coefficient (Wildman–Crippen LogP) is 11.7. The highest BCUT2D eigenvalue weighted by molar-refractivity contribution is 6.10. The molecular formula is C42H36N2. The van der Waals surface area contributed by atoms with E-state index in [1.54, 1.807) is 0 Å². The highest BCUT2D eigenvalue weighted by atomic mass is 15.1. The molecule has 6 aromatic carbocycles. The SMILES string of the molecule is CC(C)(C)c1ccccc1/C=C/c1ccc(N(c2ccccc2)c2ccc3c(c2)c2ccccc2n3-c2ccccc2)cc1. The molecular weight excluding hydrogens is 532 g/mol. The summed E-state index contributed by atoms with van der Waals surface area (Å²) in [7, 11) is 0. The van der Waals surface area contributed by atoms with Crippen LogP contribution in [0.3, 0.4) is 0 Å². The van der Waals surface area contributed by atoms with Crippen molar-refractivity contribution < 1.29 is 0 Å². The maximum Gasteiger partial charge on any atom is 0.0542 e. The molecule has 0 unspecified atom stereocenters. The molecule has 0 spiro atoms. The van der Waals surface area contributed by atoms with E-state index < -0.39 is 0 Å². The number of rotatable bonds is 6. The predicted molar refractivity (Wildman–Crippen MR) is 190 cm³/mol. The van der Waals surface area contributed by atoms with E-state index in [0.717, 1.165) is 17.1 Å². The van der Waals surface area contributed by atoms with Crippen LogP contribution in [0.2, 0.25) is 0 Å². The zero-order chi connectivity index (χ0) is 30.1. The summed E-state index contributed by atoms with van der Waals surface area (Å²) in [4.78, 5) is 2.34. The summed E-state index contributed by atoms with van der Waals surface area (Å²) in [5, 5.41) is 2.48. The summed E-state index contributed by atoms with van der Waals surface area (Å²) in [5.41, 5.74) is 10.8. The van der Waals surface area contributed by atoms with E-state index in [4.69, 9.17) is 0 Å². The third-order valence-electron chi connectivity index (χ3n) is 8.32. The molecule has 0 N–H and O–H groups in total. The van der Waals surface area contributed by atoms with Crippen LogP contribution in [0.5, 0.6) is 0 Å². The molecule has 2 heteroatoms. The van der Waals surface area contributed by atoms with Crippen LogP contribution in [0.4, 0.5) is 17.1 Å². The standard InChI is InChI=1S/C42H36N2/c1-42(2,3)39-20-12-10-14-32(39)25-22-31-23-26-35(27-24-31)43(33-15-6-4-7-16-33)36-28-29-41-38(30-36)37-19-11-13-21-40(37)44(41)34-17-8-5-9-18-34/h4-30H,1-3H3/b25-22+. The molecule has 7 rings (SSSR count). The van der Waals surface area contributed by atoms with Gasteiger partial charge in [-0.1, -0.05) is 124 Å². The second kappa shape index (κ2) is 11.4. The van der Waals surface area contributed by atoms with E-state index in [9.17, 15) is 0 Å². The molecule has 0 aliphatic carbocycles. The minimum Gasteiger partial charge on any atom is -0.310 e. The van der Waals surface area contributed by atoms with Crippen LogP contribution in [0.15, 0.2) is 152 Å². The zero-order valence-corrected chi connectivity index (χ0v) is 25.5. The largest absolute Gasteiger partial charge is 0.310 e. The van der Waals surface area contributed by atoms with Crippen LogP contribution in [-0.2, 0) is 5.41 Å². The highest BCUT2D eigenvalue weighted by Gasteiger charge is 2.18. The Bertz CT molecular complexity index is 2080. The van der Waals surface area contributed by atoms with Gasteiger partial charge in [-0.2, -0.15) is 0 Å². The molecule has 1 aromatic heterocycles. The molecule has 0 aliphatic rings. The summed E-state index contributed by atoms with van der Waals surface area (Å²) in [5.74, 6) is 0. The molecule has 214 valence electrons. The topological polar surface area (TPSA) is 8.17 Å². The van der Waals surface area contributed by atoms with Gasteiger partial charge in [-0.15, -0.1) is 0 Å². The van der Waals surface area contributed by atoms with E-state index in [2.05, 4.69) is 194 Å². The van der Waals surface area contributed by atoms with Crippen molar-refractivity contribution in [1.82, 2.24) is 4.57 Å². The van der Waals surface area contributed by atoms with Crippen molar-refractivity contribution >= 4 is 51.0 Å². The number of nitrogens with zero attached hydrogens (tertiary/aromatic N) is 2. The van der Waals surface area contributed by atoms with Crippen LogP contribution in [0.25, 0.3) is 39.6 Å². The molecule has 0 atom stereocenters. The van der Waals surface area contributed by atoms with E-state index in [1.807, 2.05) is 0 Å². The number of fused-ring (bicyclic) bond motifs is 3. The molecule has 0 aliphatic heterocycles. The fraction of sp³-hybridized carbons (Fsp3) is 0.0952. The van der Waals surface area contributed by atoms with Crippen molar-refractivity contribution in [2.75, 3.05) is 4.90 Å². The van der Waals surface area contributed by atoms with Crippen molar-refractivity contribution in [3.05, 3.63) is 168 Å². The van der Waals surface area contributed by atoms with Crippen LogP contribution in [0.1, 0.15) is 37.5 Å². The Morgan fingerprint density at radius 2 is 1.09 bits per heavy atom. The van der Waals surface area contributed by atoms with Crippen LogP contribution < -0.4 is 4.90 Å². The Labute approximate surface area is 260 Å². The zero-order valence-electron chi connectivity index (χ0n) is 25.5. The second-order valence-corrected chi connectivity index (χ2v) is 12.3. The van der Waals surface area contributed by atoms with Gasteiger partial charge in [0.05, 0.1) is 11.0 Å². The minimum atomic E-state index is 0.0927. The third-order valence-corrected chi connectivity index (χ3v) is 8.32. The first-order chi connectivity index (χ1) is 21.5. The van der Waals surface area contributed by atoms with Gasteiger partial charge in [0.25, 0.3) is 0 Å². The van der Waals surface area contributed by atoms with Crippen molar-refractivity contribution in [3.8, 4) is 5.69 Å². The van der Waals surface area contributed by atoms with Crippen molar-refractivity contribution in [1.29, 1.82) is 0 Å². The lowest BCUT2D eigenvalue weighted by molar-refractivity contribution is 0.589. The van der Waals surface area contributed by atoms with Crippen LogP contribution in [-0.4, -0.2) is 4.57 Å². The van der Waals surface area contributed by atoms with Gasteiger partial charge in [-0.05, 0) is 82.8 Å². The van der Waals surface area contributed by atoms with Crippen molar-refractivity contribution in [3.63, 3.8) is 0 Å². The first-order valence-corrected chi connectivity index (χ1v) is 15.3. The maximum atomic E-state index is 2.36. The average molecular weight is 569 g/mol. The van der Waals surface area contributed by atoms with Crippen LogP contribution in [0, 0.1) is 0 Å². The molecule has 0 amide bonds. The molecule has 0 saturated carbocycles. The fourth-order valence-electron chi connectivity index (χ4n) is 6.23. The number of hydrogen-bond acceptors (Lipinski definition) is 1. The van der Waals surface area contributed by atoms with Crippen molar-refractivity contribution in [2.45, 2.75) is 26.2 Å². The fourth-order valence-corrected chi connectivity index (χ4v) is 6.23. The highest BCUT2D eigenvalue weighted by Crippen LogP contribution is 2.39. The average Bonchev–Trinajstić information content (AvgIpc) is 3.39. The van der Waals surface area contributed by atoms with Gasteiger partial charge >= 0.3 is 0 Å². The van der Waals surface area contributed by atoms with E-state index >= 15 is 0 Å². The van der Waals surface area contributed by atoms with Gasteiger partial charge in [0.1, 0.15) is 0 Å². The van der Waals surface area contributed by atoms with Crippen molar-refractivity contribution in [2.24, 2.45) is 0 Å². The Morgan fingerprint density at radius 3 is 1.84 bits per heavy atom. The molecule has 1 heterocycles. The number of hydrogen-bond donors (Lipinski definition) is 0. The van der Waals surface area contributed by atoms with Gasteiger partial charge in [-0.25, -0.2) is 0 Å². The molecule has 0 bridgehead atoms. The summed E-state index contributed by atoms with van der Waals surface area (Å²) >= 11 is 0. The van der Waals surface area contributed by atoms with E-state index in [1.165, 1.54) is 44.2 Å². The normalized spacial score (nSPS) is 11.9. The van der Waals surface area contributed by atoms with Gasteiger partial charge in [0, 0.05) is 33.5 Å². The quantitative estimate of drug-likeness (QED) is 0.181. The Hall–Kier alpha value is -5.34. The molecule has 7 aromatic rings. The molecule has 44 heavy (non-hydrogen) atoms. The third kappa shape index (κ3) is 5.20. The summed E-state index contributed by atoms with van der Waals surface area (Å²) in [6.45, 7) is 6.80. The smallest absolute Gasteiger partial charge is 0.0542 e. The van der Waals surface area contributed by atoms with E-state index in [0.29, 0.717) is 0 Å². The lowest BCUT2D eigenvalue weighted by Gasteiger charge is -2.26. The molecule has 0 saturated heterocycles. The summed E-state index contributed by atoms with van der Waals surface area (Å²) in [6.07, 6.45) is 4.45. The Kier molecular flexibility index (Phi) is 7.12. The lowest BCUT2D eigenvalue weighted by Crippen LogP contribution is -2.12. The number of benzene rings is 6.